The van der Waals surface area contributed by atoms with Gasteiger partial charge in [0.1, 0.15) is 0 Å². The van der Waals surface area contributed by atoms with Gasteiger partial charge in [-0.2, -0.15) is 0 Å². The number of amides is 2. The van der Waals surface area contributed by atoms with E-state index >= 15 is 0 Å². The van der Waals surface area contributed by atoms with Crippen molar-refractivity contribution >= 4 is 41.8 Å². The summed E-state index contributed by atoms with van der Waals surface area (Å²) in [4.78, 5) is 35.0. The molecule has 2 saturated heterocycles. The summed E-state index contributed by atoms with van der Waals surface area (Å²) in [6.45, 7) is 10.8. The van der Waals surface area contributed by atoms with Crippen molar-refractivity contribution in [2.45, 2.75) is 45.4 Å². The van der Waals surface area contributed by atoms with Crippen LogP contribution in [0.15, 0.2) is 4.99 Å². The second kappa shape index (κ2) is 13.3. The van der Waals surface area contributed by atoms with E-state index in [1.807, 2.05) is 4.90 Å². The summed E-state index contributed by atoms with van der Waals surface area (Å²) < 4.78 is 0. The third-order valence-electron chi connectivity index (χ3n) is 6.23. The minimum absolute atomic E-state index is 0. The van der Waals surface area contributed by atoms with Gasteiger partial charge in [0.2, 0.25) is 11.8 Å². The maximum Gasteiger partial charge on any atom is 0.225 e. The molecule has 0 aromatic rings. The van der Waals surface area contributed by atoms with Gasteiger partial charge in [-0.05, 0) is 32.6 Å². The molecule has 0 spiro atoms. The summed E-state index contributed by atoms with van der Waals surface area (Å²) in [5.41, 5.74) is 0. The number of piperazine rings is 1. The Morgan fingerprint density at radius 2 is 1.83 bits per heavy atom. The molecule has 2 amide bonds. The van der Waals surface area contributed by atoms with Crippen LogP contribution in [0.3, 0.4) is 0 Å². The van der Waals surface area contributed by atoms with E-state index in [4.69, 9.17) is 0 Å². The van der Waals surface area contributed by atoms with E-state index in [1.54, 1.807) is 0 Å². The molecule has 0 aromatic carbocycles. The standard InChI is InChI=1S/C21H38N6O2.HI/c1-2-22-21(23-9-5-12-26-11-4-8-19(26)28)24-10-13-25-14-16-27(17-15-25)20(29)18-6-3-7-18;/h18H,2-17H2,1H3,(H2,22,23,24);1H. The van der Waals surface area contributed by atoms with Gasteiger partial charge >= 0.3 is 0 Å². The zero-order valence-corrected chi connectivity index (χ0v) is 20.7. The Bertz CT molecular complexity index is 576. The molecule has 9 heteroatoms. The lowest BCUT2D eigenvalue weighted by atomic mass is 9.84. The van der Waals surface area contributed by atoms with Crippen molar-refractivity contribution in [2.75, 3.05) is 65.4 Å². The number of nitrogens with zero attached hydrogens (tertiary/aromatic N) is 4. The molecule has 1 aliphatic carbocycles. The van der Waals surface area contributed by atoms with Crippen molar-refractivity contribution in [3.8, 4) is 0 Å². The Balaban J connectivity index is 0.00000320. The smallest absolute Gasteiger partial charge is 0.225 e. The Hall–Kier alpha value is -1.10. The van der Waals surface area contributed by atoms with Crippen molar-refractivity contribution in [1.29, 1.82) is 0 Å². The molecule has 1 saturated carbocycles. The molecule has 3 rings (SSSR count). The highest BCUT2D eigenvalue weighted by Gasteiger charge is 2.31. The predicted octanol–water partition coefficient (Wildman–Crippen LogP) is 1.12. The Morgan fingerprint density at radius 3 is 2.43 bits per heavy atom. The summed E-state index contributed by atoms with van der Waals surface area (Å²) in [7, 11) is 0. The first-order valence-corrected chi connectivity index (χ1v) is 11.5. The highest BCUT2D eigenvalue weighted by molar-refractivity contribution is 14.0. The number of hydrogen-bond acceptors (Lipinski definition) is 4. The van der Waals surface area contributed by atoms with Crippen LogP contribution >= 0.6 is 24.0 Å². The summed E-state index contributed by atoms with van der Waals surface area (Å²) in [6.07, 6.45) is 5.99. The number of carbonyl (C=O) groups is 2. The molecular weight excluding hydrogens is 495 g/mol. The average molecular weight is 534 g/mol. The molecule has 0 unspecified atom stereocenters. The SMILES string of the molecule is CCNC(=NCCCN1CCCC1=O)NCCN1CCN(C(=O)C2CCC2)CC1.I. The van der Waals surface area contributed by atoms with Gasteiger partial charge in [-0.25, -0.2) is 0 Å². The zero-order valence-electron chi connectivity index (χ0n) is 18.4. The number of halogens is 1. The Kier molecular flexibility index (Phi) is 11.2. The first kappa shape index (κ1) is 25.2. The molecule has 172 valence electrons. The lowest BCUT2D eigenvalue weighted by molar-refractivity contribution is -0.140. The first-order chi connectivity index (χ1) is 14.2. The number of rotatable bonds is 9. The molecule has 3 aliphatic rings. The topological polar surface area (TPSA) is 80.3 Å². The third kappa shape index (κ3) is 7.55. The largest absolute Gasteiger partial charge is 0.357 e. The maximum atomic E-state index is 12.3. The maximum absolute atomic E-state index is 12.3. The van der Waals surface area contributed by atoms with E-state index < -0.39 is 0 Å². The molecule has 2 N–H and O–H groups in total. The summed E-state index contributed by atoms with van der Waals surface area (Å²) in [5.74, 6) is 1.82. The van der Waals surface area contributed by atoms with Gasteiger partial charge < -0.3 is 20.4 Å². The van der Waals surface area contributed by atoms with Gasteiger partial charge in [-0.15, -0.1) is 24.0 Å². The van der Waals surface area contributed by atoms with Crippen LogP contribution in [0.1, 0.15) is 45.4 Å². The van der Waals surface area contributed by atoms with E-state index in [1.165, 1.54) is 6.42 Å². The van der Waals surface area contributed by atoms with Crippen LogP contribution in [0.4, 0.5) is 0 Å². The van der Waals surface area contributed by atoms with Crippen molar-refractivity contribution in [3.05, 3.63) is 0 Å². The quantitative estimate of drug-likeness (QED) is 0.201. The molecule has 2 heterocycles. The minimum atomic E-state index is 0. The molecule has 8 nitrogen and oxygen atoms in total. The van der Waals surface area contributed by atoms with Crippen LogP contribution < -0.4 is 10.6 Å². The number of aliphatic imine (C=N–C) groups is 1. The van der Waals surface area contributed by atoms with Crippen molar-refractivity contribution in [3.63, 3.8) is 0 Å². The lowest BCUT2D eigenvalue weighted by Crippen LogP contribution is -2.52. The van der Waals surface area contributed by atoms with Crippen molar-refractivity contribution in [2.24, 2.45) is 10.9 Å². The normalized spacial score (nSPS) is 20.7. The zero-order chi connectivity index (χ0) is 20.5. The summed E-state index contributed by atoms with van der Waals surface area (Å²) in [5, 5.41) is 6.70. The van der Waals surface area contributed by atoms with Crippen LogP contribution in [0.5, 0.6) is 0 Å². The van der Waals surface area contributed by atoms with Crippen molar-refractivity contribution < 1.29 is 9.59 Å². The van der Waals surface area contributed by atoms with E-state index in [-0.39, 0.29) is 29.9 Å². The molecule has 2 aliphatic heterocycles. The van der Waals surface area contributed by atoms with Crippen molar-refractivity contribution in [1.82, 2.24) is 25.3 Å². The van der Waals surface area contributed by atoms with Crippen LogP contribution in [0, 0.1) is 5.92 Å². The predicted molar refractivity (Wildman–Crippen MR) is 130 cm³/mol. The molecule has 0 bridgehead atoms. The van der Waals surface area contributed by atoms with Crippen LogP contribution in [0.2, 0.25) is 0 Å². The monoisotopic (exact) mass is 534 g/mol. The molecule has 0 aromatic heterocycles. The van der Waals surface area contributed by atoms with Gasteiger partial charge in [-0.1, -0.05) is 6.42 Å². The molecule has 0 radical (unpaired) electrons. The highest BCUT2D eigenvalue weighted by Crippen LogP contribution is 2.28. The van der Waals surface area contributed by atoms with Gasteiger partial charge in [0, 0.05) is 77.8 Å². The van der Waals surface area contributed by atoms with E-state index in [2.05, 4.69) is 32.3 Å². The molecular formula is C21H39IN6O2. The van der Waals surface area contributed by atoms with E-state index in [0.717, 1.165) is 97.1 Å². The van der Waals surface area contributed by atoms with Gasteiger partial charge in [0.15, 0.2) is 5.96 Å². The number of hydrogen-bond donors (Lipinski definition) is 2. The Morgan fingerprint density at radius 1 is 1.07 bits per heavy atom. The highest BCUT2D eigenvalue weighted by atomic mass is 127. The molecule has 30 heavy (non-hydrogen) atoms. The van der Waals surface area contributed by atoms with Crippen LogP contribution in [0.25, 0.3) is 0 Å². The first-order valence-electron chi connectivity index (χ1n) is 11.5. The number of guanidine groups is 1. The Labute approximate surface area is 198 Å². The van der Waals surface area contributed by atoms with Gasteiger partial charge in [0.05, 0.1) is 0 Å². The van der Waals surface area contributed by atoms with Crippen LogP contribution in [-0.2, 0) is 9.59 Å². The molecule has 0 atom stereocenters. The fourth-order valence-corrected chi connectivity index (χ4v) is 4.17. The minimum Gasteiger partial charge on any atom is -0.357 e. The van der Waals surface area contributed by atoms with Crippen LogP contribution in [-0.4, -0.2) is 97.9 Å². The second-order valence-corrected chi connectivity index (χ2v) is 8.32. The number of carbonyl (C=O) groups excluding carboxylic acids is 2. The number of likely N-dealkylation sites (tertiary alicyclic amines) is 1. The van der Waals surface area contributed by atoms with E-state index in [0.29, 0.717) is 18.2 Å². The lowest BCUT2D eigenvalue weighted by Gasteiger charge is -2.38. The van der Waals surface area contributed by atoms with Gasteiger partial charge in [-0.3, -0.25) is 19.5 Å². The summed E-state index contributed by atoms with van der Waals surface area (Å²) in [6, 6.07) is 0. The molecule has 3 fully saturated rings. The third-order valence-corrected chi connectivity index (χ3v) is 6.23. The average Bonchev–Trinajstić information content (AvgIpc) is 3.09. The number of nitrogens with one attached hydrogen (secondary N) is 2. The fraction of sp³-hybridized carbons (Fsp3) is 0.857. The van der Waals surface area contributed by atoms with E-state index in [9.17, 15) is 9.59 Å². The fourth-order valence-electron chi connectivity index (χ4n) is 4.17. The second-order valence-electron chi connectivity index (χ2n) is 8.32. The van der Waals surface area contributed by atoms with Gasteiger partial charge in [0.25, 0.3) is 0 Å². The summed E-state index contributed by atoms with van der Waals surface area (Å²) >= 11 is 0.